The first-order chi connectivity index (χ1) is 15.8. The van der Waals surface area contributed by atoms with Gasteiger partial charge >= 0.3 is 0 Å². The molecule has 3 rings (SSSR count). The van der Waals surface area contributed by atoms with Crippen molar-refractivity contribution < 1.29 is 19.7 Å². The van der Waals surface area contributed by atoms with Gasteiger partial charge in [-0.2, -0.15) is 0 Å². The van der Waals surface area contributed by atoms with E-state index >= 15 is 0 Å². The zero-order chi connectivity index (χ0) is 23.8. The van der Waals surface area contributed by atoms with E-state index in [1.54, 1.807) is 7.11 Å². The number of aliphatic hydroxyl groups is 2. The number of hydrogen-bond acceptors (Lipinski definition) is 6. The SMILES string of the molecule is C=C1C=CC(C(C)(C)c2ccc(OCC(O)CN3CCN(CC(O)COC)CC3)cc2)=CC1. The Morgan fingerprint density at radius 3 is 2.03 bits per heavy atom. The minimum absolute atomic E-state index is 0.0863. The molecule has 2 atom stereocenters. The van der Waals surface area contributed by atoms with E-state index in [-0.39, 0.29) is 12.0 Å². The molecule has 6 nitrogen and oxygen atoms in total. The van der Waals surface area contributed by atoms with Gasteiger partial charge in [0.1, 0.15) is 18.5 Å². The molecule has 1 aromatic rings. The van der Waals surface area contributed by atoms with Crippen molar-refractivity contribution >= 4 is 0 Å². The Morgan fingerprint density at radius 2 is 1.52 bits per heavy atom. The topological polar surface area (TPSA) is 65.4 Å². The van der Waals surface area contributed by atoms with Gasteiger partial charge in [0.2, 0.25) is 0 Å². The molecule has 182 valence electrons. The Kier molecular flexibility index (Phi) is 9.29. The molecule has 33 heavy (non-hydrogen) atoms. The Bertz CT molecular complexity index is 823. The van der Waals surface area contributed by atoms with E-state index < -0.39 is 12.2 Å². The molecule has 0 radical (unpaired) electrons. The Morgan fingerprint density at radius 1 is 0.939 bits per heavy atom. The summed E-state index contributed by atoms with van der Waals surface area (Å²) in [5.74, 6) is 0.770. The molecule has 2 N–H and O–H groups in total. The Hall–Kier alpha value is -1.96. The molecule has 1 aliphatic carbocycles. The zero-order valence-corrected chi connectivity index (χ0v) is 20.4. The van der Waals surface area contributed by atoms with Crippen molar-refractivity contribution in [2.24, 2.45) is 0 Å². The van der Waals surface area contributed by atoms with Crippen LogP contribution < -0.4 is 4.74 Å². The van der Waals surface area contributed by atoms with Crippen LogP contribution in [-0.4, -0.2) is 91.8 Å². The summed E-state index contributed by atoms with van der Waals surface area (Å²) in [6.45, 7) is 13.8. The number of nitrogens with zero attached hydrogens (tertiary/aromatic N) is 2. The summed E-state index contributed by atoms with van der Waals surface area (Å²) in [7, 11) is 1.60. The molecule has 1 fully saturated rings. The molecule has 1 heterocycles. The van der Waals surface area contributed by atoms with Crippen molar-refractivity contribution in [3.63, 3.8) is 0 Å². The molecule has 1 saturated heterocycles. The molecule has 6 heteroatoms. The average molecular weight is 457 g/mol. The van der Waals surface area contributed by atoms with Crippen molar-refractivity contribution in [3.8, 4) is 5.75 Å². The van der Waals surface area contributed by atoms with Gasteiger partial charge in [0.05, 0.1) is 12.7 Å². The summed E-state index contributed by atoms with van der Waals surface area (Å²) < 4.78 is 10.9. The number of methoxy groups -OCH3 is 1. The van der Waals surface area contributed by atoms with Gasteiger partial charge in [0.15, 0.2) is 0 Å². The van der Waals surface area contributed by atoms with Gasteiger partial charge in [-0.25, -0.2) is 0 Å². The van der Waals surface area contributed by atoms with E-state index in [2.05, 4.69) is 60.6 Å². The molecule has 0 amide bonds. The highest BCUT2D eigenvalue weighted by Gasteiger charge is 2.25. The van der Waals surface area contributed by atoms with E-state index in [1.165, 1.54) is 11.1 Å². The third-order valence-electron chi connectivity index (χ3n) is 6.58. The molecule has 1 aromatic carbocycles. The van der Waals surface area contributed by atoms with Gasteiger partial charge in [-0.15, -0.1) is 0 Å². The minimum atomic E-state index is -0.544. The second-order valence-corrected chi connectivity index (χ2v) is 9.68. The number of benzene rings is 1. The first kappa shape index (κ1) is 25.7. The van der Waals surface area contributed by atoms with Gasteiger partial charge in [-0.05, 0) is 29.7 Å². The fraction of sp³-hybridized carbons (Fsp3) is 0.556. The maximum Gasteiger partial charge on any atom is 0.119 e. The Balaban J connectivity index is 1.41. The zero-order valence-electron chi connectivity index (χ0n) is 20.4. The highest BCUT2D eigenvalue weighted by Crippen LogP contribution is 2.35. The average Bonchev–Trinajstić information content (AvgIpc) is 2.80. The van der Waals surface area contributed by atoms with Crippen LogP contribution in [0, 0.1) is 0 Å². The van der Waals surface area contributed by atoms with E-state index in [9.17, 15) is 10.2 Å². The number of rotatable bonds is 11. The summed E-state index contributed by atoms with van der Waals surface area (Å²) in [4.78, 5) is 4.49. The maximum atomic E-state index is 10.5. The lowest BCUT2D eigenvalue weighted by Gasteiger charge is -2.36. The molecule has 0 spiro atoms. The maximum absolute atomic E-state index is 10.5. The van der Waals surface area contributed by atoms with Crippen LogP contribution in [0.1, 0.15) is 25.8 Å². The number of β-amino-alcohol motifs (C(OH)–C–C–N with tert-alkyl or cyclic N) is 2. The van der Waals surface area contributed by atoms with Crippen LogP contribution in [0.2, 0.25) is 0 Å². The second-order valence-electron chi connectivity index (χ2n) is 9.68. The van der Waals surface area contributed by atoms with Crippen LogP contribution in [0.5, 0.6) is 5.75 Å². The first-order valence-corrected chi connectivity index (χ1v) is 11.9. The predicted molar refractivity (Wildman–Crippen MR) is 133 cm³/mol. The first-order valence-electron chi connectivity index (χ1n) is 11.9. The number of piperazine rings is 1. The summed E-state index contributed by atoms with van der Waals surface area (Å²) in [5, 5.41) is 20.3. The number of aliphatic hydroxyl groups excluding tert-OH is 2. The molecule has 2 unspecified atom stereocenters. The smallest absolute Gasteiger partial charge is 0.119 e. The minimum Gasteiger partial charge on any atom is -0.491 e. The van der Waals surface area contributed by atoms with Gasteiger partial charge in [0, 0.05) is 51.8 Å². The van der Waals surface area contributed by atoms with Gasteiger partial charge in [-0.3, -0.25) is 9.80 Å². The summed E-state index contributed by atoms with van der Waals surface area (Å²) in [5.41, 5.74) is 3.58. The molecule has 0 bridgehead atoms. The van der Waals surface area contributed by atoms with Gasteiger partial charge in [-0.1, -0.05) is 56.4 Å². The Labute approximate surface area is 198 Å². The highest BCUT2D eigenvalue weighted by molar-refractivity contribution is 5.46. The number of hydrogen-bond donors (Lipinski definition) is 2. The third kappa shape index (κ3) is 7.52. The van der Waals surface area contributed by atoms with E-state index in [1.807, 2.05) is 12.1 Å². The summed E-state index contributed by atoms with van der Waals surface area (Å²) in [6, 6.07) is 8.19. The lowest BCUT2D eigenvalue weighted by molar-refractivity contribution is 0.0122. The van der Waals surface area contributed by atoms with Crippen LogP contribution in [0.4, 0.5) is 0 Å². The number of ether oxygens (including phenoxy) is 2. The summed E-state index contributed by atoms with van der Waals surface area (Å²) in [6.07, 6.45) is 6.42. The van der Waals surface area contributed by atoms with E-state index in [0.717, 1.165) is 43.9 Å². The van der Waals surface area contributed by atoms with Crippen molar-refractivity contribution in [1.82, 2.24) is 9.80 Å². The predicted octanol–water partition coefficient (Wildman–Crippen LogP) is 2.77. The largest absolute Gasteiger partial charge is 0.491 e. The molecular weight excluding hydrogens is 416 g/mol. The second kappa shape index (κ2) is 12.0. The van der Waals surface area contributed by atoms with E-state index in [0.29, 0.717) is 19.7 Å². The monoisotopic (exact) mass is 456 g/mol. The highest BCUT2D eigenvalue weighted by atomic mass is 16.5. The summed E-state index contributed by atoms with van der Waals surface area (Å²) >= 11 is 0. The van der Waals surface area contributed by atoms with Gasteiger partial charge in [0.25, 0.3) is 0 Å². The van der Waals surface area contributed by atoms with Crippen molar-refractivity contribution in [3.05, 3.63) is 65.8 Å². The number of allylic oxidation sites excluding steroid dienone is 5. The lowest BCUT2D eigenvalue weighted by atomic mass is 9.75. The lowest BCUT2D eigenvalue weighted by Crippen LogP contribution is -2.51. The van der Waals surface area contributed by atoms with Crippen molar-refractivity contribution in [2.45, 2.75) is 37.9 Å². The fourth-order valence-corrected chi connectivity index (χ4v) is 4.42. The standard InChI is InChI=1S/C27H40N2O4/c1-21-5-7-22(8-6-21)27(2,3)23-9-11-26(12-10-23)33-20-25(31)18-29-15-13-28(14-16-29)17-24(30)19-32-4/h5,7-12,24-25,30-31H,1,6,13-20H2,2-4H3. The molecule has 0 saturated carbocycles. The molecule has 0 aromatic heterocycles. The third-order valence-corrected chi connectivity index (χ3v) is 6.58. The van der Waals surface area contributed by atoms with Crippen LogP contribution in [0.3, 0.4) is 0 Å². The quantitative estimate of drug-likeness (QED) is 0.534. The van der Waals surface area contributed by atoms with E-state index in [4.69, 9.17) is 9.47 Å². The normalized spacial score (nSPS) is 19.9. The van der Waals surface area contributed by atoms with Crippen LogP contribution >= 0.6 is 0 Å². The van der Waals surface area contributed by atoms with Crippen LogP contribution in [-0.2, 0) is 10.2 Å². The van der Waals surface area contributed by atoms with Crippen molar-refractivity contribution in [2.75, 3.05) is 59.6 Å². The molecule has 2 aliphatic rings. The molecular formula is C27H40N2O4. The van der Waals surface area contributed by atoms with Crippen molar-refractivity contribution in [1.29, 1.82) is 0 Å². The fourth-order valence-electron chi connectivity index (χ4n) is 4.42. The van der Waals surface area contributed by atoms with Crippen LogP contribution in [0.25, 0.3) is 0 Å². The van der Waals surface area contributed by atoms with Gasteiger partial charge < -0.3 is 19.7 Å². The van der Waals surface area contributed by atoms with Crippen LogP contribution in [0.15, 0.2) is 60.2 Å². The molecule has 1 aliphatic heterocycles.